The van der Waals surface area contributed by atoms with Crippen LogP contribution >= 0.6 is 0 Å². The van der Waals surface area contributed by atoms with Gasteiger partial charge in [0.2, 0.25) is 0 Å². The lowest BCUT2D eigenvalue weighted by molar-refractivity contribution is 0.419. The van der Waals surface area contributed by atoms with Gasteiger partial charge in [0, 0.05) is 22.1 Å². The molecule has 0 radical (unpaired) electrons. The van der Waals surface area contributed by atoms with Crippen LogP contribution in [0.25, 0.3) is 77.9 Å². The van der Waals surface area contributed by atoms with Gasteiger partial charge in [0.1, 0.15) is 11.5 Å². The molecule has 0 N–H and O–H groups in total. The molecule has 0 aromatic heterocycles. The summed E-state index contributed by atoms with van der Waals surface area (Å²) in [6.45, 7) is 4.59. The summed E-state index contributed by atoms with van der Waals surface area (Å²) < 4.78 is 6.75. The van der Waals surface area contributed by atoms with Crippen molar-refractivity contribution in [1.29, 1.82) is 0 Å². The van der Waals surface area contributed by atoms with Crippen LogP contribution in [0.5, 0.6) is 11.5 Å². The molecular weight excluding hydrogens is 701 g/mol. The second-order valence-corrected chi connectivity index (χ2v) is 15.6. The highest BCUT2D eigenvalue weighted by Crippen LogP contribution is 2.56. The maximum Gasteiger partial charge on any atom is 0.139 e. The Kier molecular flexibility index (Phi) is 8.92. The van der Waals surface area contributed by atoms with Crippen LogP contribution in [0.1, 0.15) is 25.0 Å². The summed E-state index contributed by atoms with van der Waals surface area (Å²) in [5, 5.41) is 0. The van der Waals surface area contributed by atoms with Crippen molar-refractivity contribution in [3.8, 4) is 89.4 Å². The fourth-order valence-corrected chi connectivity index (χ4v) is 9.02. The van der Waals surface area contributed by atoms with Crippen LogP contribution < -0.4 is 4.74 Å². The molecule has 0 unspecified atom stereocenters. The monoisotopic (exact) mass is 742 g/mol. The average Bonchev–Trinajstić information content (AvgIpc) is 3.29. The normalized spacial score (nSPS) is 12.6. The Bertz CT molecular complexity index is 2770. The first kappa shape index (κ1) is 35.2. The molecule has 1 aliphatic heterocycles. The van der Waals surface area contributed by atoms with Crippen molar-refractivity contribution in [1.82, 2.24) is 0 Å². The fraction of sp³-hybridized carbons (Fsp3) is 0.0526. The van der Waals surface area contributed by atoms with Gasteiger partial charge in [0.15, 0.2) is 0 Å². The van der Waals surface area contributed by atoms with Gasteiger partial charge in [-0.1, -0.05) is 226 Å². The first-order valence-corrected chi connectivity index (χ1v) is 20.1. The van der Waals surface area contributed by atoms with Crippen LogP contribution in [0, 0.1) is 0 Å². The Balaban J connectivity index is 1.31. The maximum absolute atomic E-state index is 6.75. The molecule has 1 aliphatic rings. The summed E-state index contributed by atoms with van der Waals surface area (Å²) >= 11 is 0. The largest absolute Gasteiger partial charge is 0.456 e. The standard InChI is InChI=1S/C57H42O/c1-57(2)47-32-18-19-34-49(47)58-56-46(31-20-33-48(56)57)39-35-37-45(38-36-39)55-53(43-27-14-6-15-28-43)51(41-23-10-4-11-24-41)50(40-21-8-3-9-22-40)52(42-25-12-5-13-26-42)54(55)44-29-16-7-17-30-44/h3-38H,1-2H3. The van der Waals surface area contributed by atoms with E-state index >= 15 is 0 Å². The van der Waals surface area contributed by atoms with Gasteiger partial charge in [-0.15, -0.1) is 0 Å². The maximum atomic E-state index is 6.75. The lowest BCUT2D eigenvalue weighted by Gasteiger charge is -2.35. The summed E-state index contributed by atoms with van der Waals surface area (Å²) in [7, 11) is 0. The van der Waals surface area contributed by atoms with Gasteiger partial charge in [-0.25, -0.2) is 0 Å². The molecule has 0 aliphatic carbocycles. The summed E-state index contributed by atoms with van der Waals surface area (Å²) in [5.74, 6) is 1.85. The van der Waals surface area contributed by atoms with E-state index in [4.69, 9.17) is 4.74 Å². The Hall–Kier alpha value is -7.22. The first-order valence-electron chi connectivity index (χ1n) is 20.1. The zero-order valence-electron chi connectivity index (χ0n) is 32.7. The lowest BCUT2D eigenvalue weighted by Crippen LogP contribution is -2.24. The highest BCUT2D eigenvalue weighted by atomic mass is 16.5. The molecule has 0 bridgehead atoms. The fourth-order valence-electron chi connectivity index (χ4n) is 9.02. The molecule has 58 heavy (non-hydrogen) atoms. The minimum Gasteiger partial charge on any atom is -0.456 e. The second kappa shape index (κ2) is 14.7. The molecule has 1 nitrogen and oxygen atoms in total. The zero-order valence-corrected chi connectivity index (χ0v) is 32.7. The smallest absolute Gasteiger partial charge is 0.139 e. The van der Waals surface area contributed by atoms with Crippen molar-refractivity contribution in [2.45, 2.75) is 19.3 Å². The molecular formula is C57H42O. The summed E-state index contributed by atoms with van der Waals surface area (Å²) in [5.41, 5.74) is 18.7. The topological polar surface area (TPSA) is 9.23 Å². The SMILES string of the molecule is CC1(C)c2ccccc2Oc2c(-c3ccc(-c4c(-c5ccccc5)c(-c5ccccc5)c(-c5ccccc5)c(-c5ccccc5)c4-c4ccccc4)cc3)cccc21. The van der Waals surface area contributed by atoms with Gasteiger partial charge in [-0.05, 0) is 78.4 Å². The van der Waals surface area contributed by atoms with Crippen LogP contribution in [0.2, 0.25) is 0 Å². The minimum atomic E-state index is -0.197. The van der Waals surface area contributed by atoms with Crippen LogP contribution in [0.15, 0.2) is 218 Å². The lowest BCUT2D eigenvalue weighted by atomic mass is 9.74. The second-order valence-electron chi connectivity index (χ2n) is 15.6. The Morgan fingerprint density at radius 2 is 0.586 bits per heavy atom. The third-order valence-electron chi connectivity index (χ3n) is 11.8. The number of hydrogen-bond acceptors (Lipinski definition) is 1. The van der Waals surface area contributed by atoms with E-state index in [-0.39, 0.29) is 5.41 Å². The molecule has 0 fully saturated rings. The van der Waals surface area contributed by atoms with Crippen LogP contribution in [-0.2, 0) is 5.41 Å². The number of ether oxygens (including phenoxy) is 1. The third-order valence-corrected chi connectivity index (χ3v) is 11.8. The van der Waals surface area contributed by atoms with Gasteiger partial charge in [-0.3, -0.25) is 0 Å². The van der Waals surface area contributed by atoms with Gasteiger partial charge in [0.05, 0.1) is 0 Å². The Labute approximate surface area is 341 Å². The molecule has 9 aromatic carbocycles. The van der Waals surface area contributed by atoms with Crippen LogP contribution in [-0.4, -0.2) is 0 Å². The van der Waals surface area contributed by atoms with Gasteiger partial charge in [0.25, 0.3) is 0 Å². The van der Waals surface area contributed by atoms with E-state index < -0.39 is 0 Å². The zero-order chi connectivity index (χ0) is 39.1. The molecule has 1 heterocycles. The van der Waals surface area contributed by atoms with Gasteiger partial charge in [-0.2, -0.15) is 0 Å². The van der Waals surface area contributed by atoms with E-state index in [0.29, 0.717) is 0 Å². The predicted molar refractivity (Wildman–Crippen MR) is 243 cm³/mol. The minimum absolute atomic E-state index is 0.197. The Morgan fingerprint density at radius 1 is 0.276 bits per heavy atom. The van der Waals surface area contributed by atoms with Crippen molar-refractivity contribution in [3.05, 3.63) is 230 Å². The van der Waals surface area contributed by atoms with E-state index in [1.165, 1.54) is 72.3 Å². The van der Waals surface area contributed by atoms with Crippen LogP contribution in [0.3, 0.4) is 0 Å². The quantitative estimate of drug-likeness (QED) is 0.158. The molecule has 0 amide bonds. The van der Waals surface area contributed by atoms with E-state index in [2.05, 4.69) is 232 Å². The van der Waals surface area contributed by atoms with E-state index in [0.717, 1.165) is 28.2 Å². The van der Waals surface area contributed by atoms with E-state index in [9.17, 15) is 0 Å². The van der Waals surface area contributed by atoms with Gasteiger partial charge < -0.3 is 4.74 Å². The van der Waals surface area contributed by atoms with Crippen molar-refractivity contribution < 1.29 is 4.74 Å². The van der Waals surface area contributed by atoms with Crippen LogP contribution in [0.4, 0.5) is 0 Å². The molecule has 1 heteroatoms. The predicted octanol–water partition coefficient (Wildman–Crippen LogP) is 15.8. The summed E-state index contributed by atoms with van der Waals surface area (Å²) in [6, 6.07) is 78.9. The van der Waals surface area contributed by atoms with Gasteiger partial charge >= 0.3 is 0 Å². The molecule has 0 saturated carbocycles. The molecule has 0 atom stereocenters. The molecule has 10 rings (SSSR count). The average molecular weight is 743 g/mol. The Morgan fingerprint density at radius 3 is 0.983 bits per heavy atom. The van der Waals surface area contributed by atoms with E-state index in [1.54, 1.807) is 0 Å². The highest BCUT2D eigenvalue weighted by molar-refractivity contribution is 6.15. The number of benzene rings is 9. The van der Waals surface area contributed by atoms with Crippen molar-refractivity contribution >= 4 is 0 Å². The van der Waals surface area contributed by atoms with E-state index in [1.807, 2.05) is 0 Å². The number of fused-ring (bicyclic) bond motifs is 2. The van der Waals surface area contributed by atoms with Crippen molar-refractivity contribution in [2.24, 2.45) is 0 Å². The number of hydrogen-bond donors (Lipinski definition) is 0. The van der Waals surface area contributed by atoms with Crippen molar-refractivity contribution in [2.75, 3.05) is 0 Å². The van der Waals surface area contributed by atoms with Crippen molar-refractivity contribution in [3.63, 3.8) is 0 Å². The summed E-state index contributed by atoms with van der Waals surface area (Å²) in [6.07, 6.45) is 0. The summed E-state index contributed by atoms with van der Waals surface area (Å²) in [4.78, 5) is 0. The highest BCUT2D eigenvalue weighted by Gasteiger charge is 2.35. The third kappa shape index (κ3) is 6.04. The number of rotatable bonds is 7. The molecule has 0 saturated heterocycles. The molecule has 0 spiro atoms. The molecule has 9 aromatic rings. The molecule has 276 valence electrons. The number of para-hydroxylation sites is 2. The first-order chi connectivity index (χ1) is 28.6.